The Morgan fingerprint density at radius 3 is 2.12 bits per heavy atom. The molecule has 0 saturated carbocycles. The number of carbonyl (C=O) groups is 1. The lowest BCUT2D eigenvalue weighted by Crippen LogP contribution is -2.11. The highest BCUT2D eigenvalue weighted by Gasteiger charge is 2.08. The van der Waals surface area contributed by atoms with E-state index in [4.69, 9.17) is 27.9 Å². The molecule has 3 aromatic carbocycles. The smallest absolute Gasteiger partial charge is 0.315 e. The van der Waals surface area contributed by atoms with E-state index in [2.05, 4.69) is 0 Å². The molecule has 0 atom stereocenters. The molecule has 0 aliphatic heterocycles. The largest absolute Gasteiger partial charge is 0.426 e. The molecule has 4 heteroatoms. The second kappa shape index (κ2) is 7.52. The van der Waals surface area contributed by atoms with Crippen LogP contribution in [0.4, 0.5) is 0 Å². The van der Waals surface area contributed by atoms with Gasteiger partial charge in [0.1, 0.15) is 5.75 Å². The predicted molar refractivity (Wildman–Crippen MR) is 97.7 cm³/mol. The zero-order valence-electron chi connectivity index (χ0n) is 12.7. The highest BCUT2D eigenvalue weighted by Crippen LogP contribution is 2.24. The van der Waals surface area contributed by atoms with Gasteiger partial charge in [-0.25, -0.2) is 0 Å². The number of hydrogen-bond donors (Lipinski definition) is 0. The van der Waals surface area contributed by atoms with Gasteiger partial charge in [0.2, 0.25) is 0 Å². The van der Waals surface area contributed by atoms with Crippen molar-refractivity contribution in [2.24, 2.45) is 0 Å². The minimum atomic E-state index is -0.346. The maximum Gasteiger partial charge on any atom is 0.315 e. The van der Waals surface area contributed by atoms with E-state index >= 15 is 0 Å². The van der Waals surface area contributed by atoms with Gasteiger partial charge in [0.25, 0.3) is 0 Å². The van der Waals surface area contributed by atoms with Crippen molar-refractivity contribution in [2.45, 2.75) is 6.42 Å². The molecule has 120 valence electrons. The number of benzene rings is 3. The van der Waals surface area contributed by atoms with Crippen LogP contribution < -0.4 is 4.74 Å². The number of ether oxygens (including phenoxy) is 1. The molecule has 0 heterocycles. The monoisotopic (exact) mass is 356 g/mol. The molecule has 0 unspecified atom stereocenters. The minimum absolute atomic E-state index is 0.136. The summed E-state index contributed by atoms with van der Waals surface area (Å²) in [6.07, 6.45) is 0.136. The van der Waals surface area contributed by atoms with Crippen LogP contribution in [-0.4, -0.2) is 5.97 Å². The van der Waals surface area contributed by atoms with Gasteiger partial charge in [0, 0.05) is 0 Å². The quantitative estimate of drug-likeness (QED) is 0.435. The lowest BCUT2D eigenvalue weighted by Gasteiger charge is -2.07. The van der Waals surface area contributed by atoms with Crippen molar-refractivity contribution < 1.29 is 9.53 Å². The Balaban J connectivity index is 1.65. The molecule has 0 saturated heterocycles. The molecular weight excluding hydrogens is 343 g/mol. The van der Waals surface area contributed by atoms with Gasteiger partial charge in [0.05, 0.1) is 16.5 Å². The molecule has 24 heavy (non-hydrogen) atoms. The Morgan fingerprint density at radius 2 is 1.46 bits per heavy atom. The number of hydrogen-bond acceptors (Lipinski definition) is 2. The molecule has 0 N–H and O–H groups in total. The molecule has 0 bridgehead atoms. The second-order valence-corrected chi connectivity index (χ2v) is 6.10. The summed E-state index contributed by atoms with van der Waals surface area (Å²) in [7, 11) is 0. The number of esters is 1. The Kier molecular flexibility index (Phi) is 5.19. The van der Waals surface area contributed by atoms with Crippen molar-refractivity contribution in [1.82, 2.24) is 0 Å². The average molecular weight is 357 g/mol. The van der Waals surface area contributed by atoms with Crippen molar-refractivity contribution in [3.63, 3.8) is 0 Å². The van der Waals surface area contributed by atoms with Gasteiger partial charge in [-0.15, -0.1) is 0 Å². The fourth-order valence-corrected chi connectivity index (χ4v) is 2.65. The summed E-state index contributed by atoms with van der Waals surface area (Å²) in [6.45, 7) is 0. The summed E-state index contributed by atoms with van der Waals surface area (Å²) in [6, 6.07) is 22.5. The van der Waals surface area contributed by atoms with Crippen molar-refractivity contribution >= 4 is 29.2 Å². The Labute approximate surface area is 150 Å². The molecule has 0 spiro atoms. The fraction of sp³-hybridized carbons (Fsp3) is 0.0500. The molecule has 2 nitrogen and oxygen atoms in total. The van der Waals surface area contributed by atoms with Gasteiger partial charge in [-0.1, -0.05) is 71.7 Å². The standard InChI is InChI=1S/C20H14Cl2O2/c21-18-11-6-14(12-19(18)22)13-20(23)24-17-9-7-16(8-10-17)15-4-2-1-3-5-15/h1-12H,13H2. The molecule has 0 radical (unpaired) electrons. The van der Waals surface area contributed by atoms with E-state index < -0.39 is 0 Å². The first-order valence-corrected chi connectivity index (χ1v) is 8.17. The van der Waals surface area contributed by atoms with Crippen LogP contribution in [0.15, 0.2) is 72.8 Å². The van der Waals surface area contributed by atoms with Crippen molar-refractivity contribution in [1.29, 1.82) is 0 Å². The molecule has 3 rings (SSSR count). The maximum atomic E-state index is 12.0. The van der Waals surface area contributed by atoms with Crippen molar-refractivity contribution in [3.05, 3.63) is 88.4 Å². The van der Waals surface area contributed by atoms with Crippen LogP contribution in [0.25, 0.3) is 11.1 Å². The van der Waals surface area contributed by atoms with E-state index in [0.29, 0.717) is 15.8 Å². The van der Waals surface area contributed by atoms with Gasteiger partial charge >= 0.3 is 5.97 Å². The number of halogens is 2. The molecule has 0 aliphatic carbocycles. The van der Waals surface area contributed by atoms with Gasteiger partial charge in [-0.3, -0.25) is 4.79 Å². The summed E-state index contributed by atoms with van der Waals surface area (Å²) in [5.74, 6) is 0.167. The highest BCUT2D eigenvalue weighted by molar-refractivity contribution is 6.42. The van der Waals surface area contributed by atoms with Gasteiger partial charge in [-0.05, 0) is 41.0 Å². The first-order chi connectivity index (χ1) is 11.6. The summed E-state index contributed by atoms with van der Waals surface area (Å²) in [4.78, 5) is 12.0. The van der Waals surface area contributed by atoms with Crippen LogP contribution >= 0.6 is 23.2 Å². The zero-order valence-corrected chi connectivity index (χ0v) is 14.2. The molecule has 0 aliphatic rings. The topological polar surface area (TPSA) is 26.3 Å². The molecular formula is C20H14Cl2O2. The van der Waals surface area contributed by atoms with Gasteiger partial charge in [0.15, 0.2) is 0 Å². The van der Waals surface area contributed by atoms with Crippen molar-refractivity contribution in [2.75, 3.05) is 0 Å². The fourth-order valence-electron chi connectivity index (χ4n) is 2.33. The van der Waals surface area contributed by atoms with E-state index in [-0.39, 0.29) is 12.4 Å². The third kappa shape index (κ3) is 4.16. The van der Waals surface area contributed by atoms with Gasteiger partial charge < -0.3 is 4.74 Å². The van der Waals surface area contributed by atoms with Gasteiger partial charge in [-0.2, -0.15) is 0 Å². The first kappa shape index (κ1) is 16.6. The third-order valence-electron chi connectivity index (χ3n) is 3.53. The van der Waals surface area contributed by atoms with E-state index in [9.17, 15) is 4.79 Å². The Bertz CT molecular complexity index is 843. The summed E-state index contributed by atoms with van der Waals surface area (Å²) in [5.41, 5.74) is 2.95. The Morgan fingerprint density at radius 1 is 0.792 bits per heavy atom. The molecule has 0 aromatic heterocycles. The zero-order chi connectivity index (χ0) is 16.9. The highest BCUT2D eigenvalue weighted by atomic mass is 35.5. The van der Waals surface area contributed by atoms with E-state index in [1.165, 1.54) is 0 Å². The average Bonchev–Trinajstić information content (AvgIpc) is 2.59. The predicted octanol–water partition coefficient (Wildman–Crippen LogP) is 5.81. The summed E-state index contributed by atoms with van der Waals surface area (Å²) < 4.78 is 5.36. The van der Waals surface area contributed by atoms with E-state index in [1.54, 1.807) is 30.3 Å². The number of carbonyl (C=O) groups excluding carboxylic acids is 1. The minimum Gasteiger partial charge on any atom is -0.426 e. The van der Waals surface area contributed by atoms with Crippen LogP contribution in [0.5, 0.6) is 5.75 Å². The first-order valence-electron chi connectivity index (χ1n) is 7.42. The second-order valence-electron chi connectivity index (χ2n) is 5.29. The maximum absolute atomic E-state index is 12.0. The van der Waals surface area contributed by atoms with E-state index in [1.807, 2.05) is 42.5 Å². The Hall–Kier alpha value is -2.29. The summed E-state index contributed by atoms with van der Waals surface area (Å²) in [5, 5.41) is 0.888. The molecule has 0 fully saturated rings. The van der Waals surface area contributed by atoms with Crippen LogP contribution in [0.2, 0.25) is 10.0 Å². The van der Waals surface area contributed by atoms with Crippen LogP contribution in [-0.2, 0) is 11.2 Å². The molecule has 0 amide bonds. The molecule has 3 aromatic rings. The van der Waals surface area contributed by atoms with E-state index in [0.717, 1.165) is 16.7 Å². The third-order valence-corrected chi connectivity index (χ3v) is 4.26. The normalized spacial score (nSPS) is 10.4. The van der Waals surface area contributed by atoms with Crippen LogP contribution in [0.1, 0.15) is 5.56 Å². The van der Waals surface area contributed by atoms with Crippen molar-refractivity contribution in [3.8, 4) is 16.9 Å². The SMILES string of the molecule is O=C(Cc1ccc(Cl)c(Cl)c1)Oc1ccc(-c2ccccc2)cc1. The lowest BCUT2D eigenvalue weighted by molar-refractivity contribution is -0.133. The van der Waals surface area contributed by atoms with Crippen LogP contribution in [0, 0.1) is 0 Å². The number of rotatable bonds is 4. The lowest BCUT2D eigenvalue weighted by atomic mass is 10.1. The summed E-state index contributed by atoms with van der Waals surface area (Å²) >= 11 is 11.8. The van der Waals surface area contributed by atoms with Crippen LogP contribution in [0.3, 0.4) is 0 Å².